The Morgan fingerprint density at radius 3 is 2.50 bits per heavy atom. The largest absolute Gasteiger partial charge is 0.325 e. The second kappa shape index (κ2) is 6.01. The van der Waals surface area contributed by atoms with Crippen LogP contribution in [0.3, 0.4) is 0 Å². The van der Waals surface area contributed by atoms with Crippen LogP contribution in [-0.4, -0.2) is 19.0 Å². The van der Waals surface area contributed by atoms with Crippen molar-refractivity contribution >= 4 is 11.6 Å². The van der Waals surface area contributed by atoms with Crippen molar-refractivity contribution in [1.29, 1.82) is 0 Å². The minimum absolute atomic E-state index is 0.0351. The van der Waals surface area contributed by atoms with E-state index in [9.17, 15) is 4.79 Å². The summed E-state index contributed by atoms with van der Waals surface area (Å²) in [4.78, 5) is 11.7. The van der Waals surface area contributed by atoms with E-state index < -0.39 is 0 Å². The third kappa shape index (κ3) is 4.15. The van der Waals surface area contributed by atoms with E-state index in [4.69, 9.17) is 0 Å². The summed E-state index contributed by atoms with van der Waals surface area (Å²) < 4.78 is 0. The van der Waals surface area contributed by atoms with Crippen molar-refractivity contribution in [2.24, 2.45) is 5.92 Å². The number of hydrogen-bond acceptors (Lipinski definition) is 2. The number of amides is 1. The fraction of sp³-hybridized carbons (Fsp3) is 0.533. The number of carbonyl (C=O) groups excluding carboxylic acids is 1. The third-order valence-electron chi connectivity index (χ3n) is 3.28. The summed E-state index contributed by atoms with van der Waals surface area (Å²) in [6, 6.07) is 8.07. The van der Waals surface area contributed by atoms with Crippen LogP contribution in [0.15, 0.2) is 24.3 Å². The Balaban J connectivity index is 1.75. The van der Waals surface area contributed by atoms with Gasteiger partial charge in [-0.2, -0.15) is 0 Å². The number of rotatable bonds is 6. The molecule has 1 aromatic rings. The zero-order valence-electron chi connectivity index (χ0n) is 11.2. The Hall–Kier alpha value is -1.35. The minimum atomic E-state index is 0.0351. The summed E-state index contributed by atoms with van der Waals surface area (Å²) in [5.41, 5.74) is 2.16. The first kappa shape index (κ1) is 13.1. The second-order valence-electron chi connectivity index (χ2n) is 5.40. The predicted octanol–water partition coefficient (Wildman–Crippen LogP) is 2.75. The second-order valence-corrected chi connectivity index (χ2v) is 5.40. The van der Waals surface area contributed by atoms with Crippen LogP contribution in [0.4, 0.5) is 5.69 Å². The smallest absolute Gasteiger partial charge is 0.238 e. The molecule has 2 N–H and O–H groups in total. The first-order valence-electron chi connectivity index (χ1n) is 6.75. The van der Waals surface area contributed by atoms with Crippen LogP contribution < -0.4 is 10.6 Å². The van der Waals surface area contributed by atoms with Gasteiger partial charge in [0.25, 0.3) is 0 Å². The van der Waals surface area contributed by atoms with Crippen molar-refractivity contribution in [3.63, 3.8) is 0 Å². The average Bonchev–Trinajstić information content (AvgIpc) is 3.13. The molecule has 1 aliphatic carbocycles. The van der Waals surface area contributed by atoms with Crippen LogP contribution in [0.2, 0.25) is 0 Å². The Morgan fingerprint density at radius 2 is 1.94 bits per heavy atom. The number of anilines is 1. The van der Waals surface area contributed by atoms with Gasteiger partial charge in [-0.25, -0.2) is 0 Å². The van der Waals surface area contributed by atoms with E-state index in [1.165, 1.54) is 18.4 Å². The third-order valence-corrected chi connectivity index (χ3v) is 3.28. The Bertz CT molecular complexity index is 393. The summed E-state index contributed by atoms with van der Waals surface area (Å²) >= 11 is 0. The van der Waals surface area contributed by atoms with Crippen molar-refractivity contribution in [2.75, 3.05) is 18.4 Å². The maximum Gasteiger partial charge on any atom is 0.238 e. The molecule has 18 heavy (non-hydrogen) atoms. The molecule has 0 radical (unpaired) electrons. The van der Waals surface area contributed by atoms with E-state index in [0.717, 1.165) is 18.2 Å². The summed E-state index contributed by atoms with van der Waals surface area (Å²) in [6.07, 6.45) is 2.62. The van der Waals surface area contributed by atoms with Gasteiger partial charge in [0.05, 0.1) is 6.54 Å². The molecule has 98 valence electrons. The topological polar surface area (TPSA) is 41.1 Å². The van der Waals surface area contributed by atoms with E-state index in [1.807, 2.05) is 12.1 Å². The molecule has 0 bridgehead atoms. The van der Waals surface area contributed by atoms with E-state index in [2.05, 4.69) is 36.6 Å². The molecule has 1 amide bonds. The highest BCUT2D eigenvalue weighted by Gasteiger charge is 2.20. The minimum Gasteiger partial charge on any atom is -0.325 e. The molecule has 0 unspecified atom stereocenters. The zero-order valence-corrected chi connectivity index (χ0v) is 11.2. The monoisotopic (exact) mass is 246 g/mol. The first-order valence-corrected chi connectivity index (χ1v) is 6.75. The lowest BCUT2D eigenvalue weighted by Crippen LogP contribution is -2.29. The highest BCUT2D eigenvalue weighted by Crippen LogP contribution is 2.27. The molecule has 1 aliphatic rings. The highest BCUT2D eigenvalue weighted by molar-refractivity contribution is 5.92. The van der Waals surface area contributed by atoms with Gasteiger partial charge in [0.2, 0.25) is 5.91 Å². The molecule has 0 aromatic heterocycles. The van der Waals surface area contributed by atoms with Crippen molar-refractivity contribution in [1.82, 2.24) is 5.32 Å². The molecule has 0 saturated heterocycles. The normalized spacial score (nSPS) is 14.8. The number of nitrogens with one attached hydrogen (secondary N) is 2. The van der Waals surface area contributed by atoms with E-state index in [1.54, 1.807) is 0 Å². The maximum absolute atomic E-state index is 11.7. The fourth-order valence-electron chi connectivity index (χ4n) is 1.87. The highest BCUT2D eigenvalue weighted by atomic mass is 16.1. The molecule has 3 heteroatoms. The van der Waals surface area contributed by atoms with E-state index in [-0.39, 0.29) is 5.91 Å². The SMILES string of the molecule is CC(C)c1ccc(NC(=O)CNCC2CC2)cc1. The van der Waals surface area contributed by atoms with Crippen molar-refractivity contribution in [2.45, 2.75) is 32.6 Å². The molecule has 0 heterocycles. The van der Waals surface area contributed by atoms with Gasteiger partial charge < -0.3 is 10.6 Å². The van der Waals surface area contributed by atoms with Crippen molar-refractivity contribution < 1.29 is 4.79 Å². The maximum atomic E-state index is 11.7. The molecular weight excluding hydrogens is 224 g/mol. The van der Waals surface area contributed by atoms with Crippen LogP contribution in [0.25, 0.3) is 0 Å². The summed E-state index contributed by atoms with van der Waals surface area (Å²) in [5.74, 6) is 1.37. The van der Waals surface area contributed by atoms with Gasteiger partial charge in [-0.3, -0.25) is 4.79 Å². The lowest BCUT2D eigenvalue weighted by molar-refractivity contribution is -0.115. The van der Waals surface area contributed by atoms with Gasteiger partial charge in [-0.05, 0) is 48.9 Å². The first-order chi connectivity index (χ1) is 8.65. The van der Waals surface area contributed by atoms with Gasteiger partial charge in [0, 0.05) is 5.69 Å². The Kier molecular flexibility index (Phi) is 4.37. The van der Waals surface area contributed by atoms with Gasteiger partial charge in [0.15, 0.2) is 0 Å². The summed E-state index contributed by atoms with van der Waals surface area (Å²) in [5, 5.41) is 6.09. The Morgan fingerprint density at radius 1 is 1.28 bits per heavy atom. The molecular formula is C15H22N2O. The molecule has 0 atom stereocenters. The van der Waals surface area contributed by atoms with Crippen LogP contribution in [-0.2, 0) is 4.79 Å². The van der Waals surface area contributed by atoms with Gasteiger partial charge >= 0.3 is 0 Å². The van der Waals surface area contributed by atoms with E-state index in [0.29, 0.717) is 12.5 Å². The van der Waals surface area contributed by atoms with Gasteiger partial charge in [0.1, 0.15) is 0 Å². The van der Waals surface area contributed by atoms with Crippen molar-refractivity contribution in [3.05, 3.63) is 29.8 Å². The van der Waals surface area contributed by atoms with Crippen LogP contribution in [0, 0.1) is 5.92 Å². The zero-order chi connectivity index (χ0) is 13.0. The lowest BCUT2D eigenvalue weighted by Gasteiger charge is -2.09. The van der Waals surface area contributed by atoms with Crippen LogP contribution >= 0.6 is 0 Å². The molecule has 0 aliphatic heterocycles. The summed E-state index contributed by atoms with van der Waals surface area (Å²) in [6.45, 7) is 5.70. The molecule has 2 rings (SSSR count). The standard InChI is InChI=1S/C15H22N2O/c1-11(2)13-5-7-14(8-6-13)17-15(18)10-16-9-12-3-4-12/h5-8,11-12,16H,3-4,9-10H2,1-2H3,(H,17,18). The predicted molar refractivity (Wildman–Crippen MR) is 74.8 cm³/mol. The molecule has 0 spiro atoms. The molecule has 3 nitrogen and oxygen atoms in total. The van der Waals surface area contributed by atoms with Crippen LogP contribution in [0.1, 0.15) is 38.2 Å². The lowest BCUT2D eigenvalue weighted by atomic mass is 10.0. The summed E-state index contributed by atoms with van der Waals surface area (Å²) in [7, 11) is 0. The quantitative estimate of drug-likeness (QED) is 0.810. The van der Waals surface area contributed by atoms with Gasteiger partial charge in [-0.15, -0.1) is 0 Å². The van der Waals surface area contributed by atoms with E-state index >= 15 is 0 Å². The number of carbonyl (C=O) groups is 1. The van der Waals surface area contributed by atoms with Crippen molar-refractivity contribution in [3.8, 4) is 0 Å². The molecule has 1 aromatic carbocycles. The van der Waals surface area contributed by atoms with Gasteiger partial charge in [-0.1, -0.05) is 26.0 Å². The number of benzene rings is 1. The molecule has 1 saturated carbocycles. The average molecular weight is 246 g/mol. The number of hydrogen-bond donors (Lipinski definition) is 2. The Labute approximate surface area is 109 Å². The van der Waals surface area contributed by atoms with Crippen LogP contribution in [0.5, 0.6) is 0 Å². The molecule has 1 fully saturated rings. The fourth-order valence-corrected chi connectivity index (χ4v) is 1.87.